The lowest BCUT2D eigenvalue weighted by Gasteiger charge is -2.11. The molecule has 0 bridgehead atoms. The Bertz CT molecular complexity index is 364. The van der Waals surface area contributed by atoms with Crippen molar-refractivity contribution in [2.45, 2.75) is 13.5 Å². The van der Waals surface area contributed by atoms with Gasteiger partial charge in [0.15, 0.2) is 0 Å². The zero-order valence-electron chi connectivity index (χ0n) is 10.7. The van der Waals surface area contributed by atoms with Crippen molar-refractivity contribution in [1.29, 1.82) is 0 Å². The second kappa shape index (κ2) is 6.91. The van der Waals surface area contributed by atoms with Gasteiger partial charge in [0.25, 0.3) is 0 Å². The first-order valence-corrected chi connectivity index (χ1v) is 5.76. The summed E-state index contributed by atoms with van der Waals surface area (Å²) >= 11 is 0. The molecule has 0 heterocycles. The molecule has 0 spiro atoms. The van der Waals surface area contributed by atoms with Gasteiger partial charge in [-0.05, 0) is 24.6 Å². The van der Waals surface area contributed by atoms with Crippen LogP contribution in [0.5, 0.6) is 5.75 Å². The summed E-state index contributed by atoms with van der Waals surface area (Å²) in [4.78, 5) is 12.9. The van der Waals surface area contributed by atoms with E-state index in [1.54, 1.807) is 19.0 Å². The molecule has 0 unspecified atom stereocenters. The van der Waals surface area contributed by atoms with E-state index < -0.39 is 0 Å². The van der Waals surface area contributed by atoms with Crippen LogP contribution in [0.15, 0.2) is 24.3 Å². The average molecular weight is 236 g/mol. The van der Waals surface area contributed by atoms with Gasteiger partial charge in [-0.3, -0.25) is 4.79 Å². The van der Waals surface area contributed by atoms with Crippen molar-refractivity contribution < 1.29 is 9.53 Å². The van der Waals surface area contributed by atoms with Gasteiger partial charge in [0.1, 0.15) is 5.75 Å². The van der Waals surface area contributed by atoms with Crippen LogP contribution in [0.2, 0.25) is 0 Å². The number of likely N-dealkylation sites (N-methyl/N-ethyl adjacent to an activating group) is 1. The Morgan fingerprint density at radius 3 is 2.82 bits per heavy atom. The minimum Gasteiger partial charge on any atom is -0.494 e. The van der Waals surface area contributed by atoms with E-state index in [1.165, 1.54) is 0 Å². The molecule has 0 fully saturated rings. The molecular formula is C13H20N2O2. The van der Waals surface area contributed by atoms with Crippen LogP contribution in [-0.4, -0.2) is 38.1 Å². The van der Waals surface area contributed by atoms with Gasteiger partial charge in [-0.15, -0.1) is 0 Å². The monoisotopic (exact) mass is 236 g/mol. The fraction of sp³-hybridized carbons (Fsp3) is 0.462. The fourth-order valence-electron chi connectivity index (χ4n) is 1.38. The quantitative estimate of drug-likeness (QED) is 0.808. The largest absolute Gasteiger partial charge is 0.494 e. The molecule has 17 heavy (non-hydrogen) atoms. The number of rotatable bonds is 6. The summed E-state index contributed by atoms with van der Waals surface area (Å²) < 4.78 is 5.41. The normalized spacial score (nSPS) is 10.1. The highest BCUT2D eigenvalue weighted by atomic mass is 16.5. The summed E-state index contributed by atoms with van der Waals surface area (Å²) in [7, 11) is 3.50. The lowest BCUT2D eigenvalue weighted by molar-refractivity contribution is -0.127. The van der Waals surface area contributed by atoms with Crippen LogP contribution in [0.25, 0.3) is 0 Å². The first kappa shape index (κ1) is 13.5. The van der Waals surface area contributed by atoms with Gasteiger partial charge >= 0.3 is 0 Å². The molecule has 1 aromatic carbocycles. The van der Waals surface area contributed by atoms with Crippen LogP contribution in [0.3, 0.4) is 0 Å². The highest BCUT2D eigenvalue weighted by Crippen LogP contribution is 2.12. The van der Waals surface area contributed by atoms with Gasteiger partial charge in [0, 0.05) is 20.6 Å². The molecule has 0 atom stereocenters. The molecule has 1 rings (SSSR count). The van der Waals surface area contributed by atoms with Crippen LogP contribution in [0.4, 0.5) is 0 Å². The molecule has 4 heteroatoms. The van der Waals surface area contributed by atoms with Crippen LogP contribution in [-0.2, 0) is 11.3 Å². The molecule has 1 N–H and O–H groups in total. The summed E-state index contributed by atoms with van der Waals surface area (Å²) in [5.74, 6) is 0.941. The minimum absolute atomic E-state index is 0.0750. The number of hydrogen-bond donors (Lipinski definition) is 1. The van der Waals surface area contributed by atoms with Crippen LogP contribution in [0, 0.1) is 0 Å². The van der Waals surface area contributed by atoms with Crippen molar-refractivity contribution in [3.63, 3.8) is 0 Å². The maximum absolute atomic E-state index is 11.3. The fourth-order valence-corrected chi connectivity index (χ4v) is 1.38. The zero-order chi connectivity index (χ0) is 12.7. The third-order valence-corrected chi connectivity index (χ3v) is 2.31. The van der Waals surface area contributed by atoms with Crippen molar-refractivity contribution in [3.05, 3.63) is 29.8 Å². The topological polar surface area (TPSA) is 41.6 Å². The summed E-state index contributed by atoms with van der Waals surface area (Å²) in [5.41, 5.74) is 1.11. The average Bonchev–Trinajstić information content (AvgIpc) is 2.29. The van der Waals surface area contributed by atoms with Crippen LogP contribution in [0.1, 0.15) is 12.5 Å². The molecule has 0 saturated heterocycles. The van der Waals surface area contributed by atoms with Crippen molar-refractivity contribution in [2.75, 3.05) is 27.2 Å². The maximum Gasteiger partial charge on any atom is 0.236 e. The van der Waals surface area contributed by atoms with E-state index in [2.05, 4.69) is 5.32 Å². The number of carbonyl (C=O) groups excluding carboxylic acids is 1. The maximum atomic E-state index is 11.3. The first-order chi connectivity index (χ1) is 8.13. The van der Waals surface area contributed by atoms with Gasteiger partial charge in [0.2, 0.25) is 5.91 Å². The van der Waals surface area contributed by atoms with E-state index in [0.29, 0.717) is 19.7 Å². The van der Waals surface area contributed by atoms with Crippen molar-refractivity contribution in [3.8, 4) is 5.75 Å². The summed E-state index contributed by atoms with van der Waals surface area (Å²) in [6.45, 7) is 3.64. The van der Waals surface area contributed by atoms with E-state index in [4.69, 9.17) is 4.74 Å². The molecular weight excluding hydrogens is 216 g/mol. The summed E-state index contributed by atoms with van der Waals surface area (Å²) in [6, 6.07) is 7.88. The first-order valence-electron chi connectivity index (χ1n) is 5.76. The smallest absolute Gasteiger partial charge is 0.236 e. The molecule has 0 radical (unpaired) electrons. The predicted octanol–water partition coefficient (Wildman–Crippen LogP) is 1.26. The number of carbonyl (C=O) groups is 1. The van der Waals surface area contributed by atoms with E-state index >= 15 is 0 Å². The number of ether oxygens (including phenoxy) is 1. The summed E-state index contributed by atoms with van der Waals surface area (Å²) in [5, 5.41) is 3.11. The van der Waals surface area contributed by atoms with E-state index in [9.17, 15) is 4.79 Å². The third kappa shape index (κ3) is 4.87. The molecule has 1 amide bonds. The molecule has 0 saturated carbocycles. The van der Waals surface area contributed by atoms with Gasteiger partial charge in [0.05, 0.1) is 13.2 Å². The van der Waals surface area contributed by atoms with Crippen molar-refractivity contribution in [1.82, 2.24) is 10.2 Å². The highest BCUT2D eigenvalue weighted by Gasteiger charge is 2.02. The molecule has 0 aliphatic carbocycles. The molecule has 0 aliphatic heterocycles. The standard InChI is InChI=1S/C13H20N2O2/c1-4-17-12-7-5-6-11(8-12)9-14-10-13(16)15(2)3/h5-8,14H,4,9-10H2,1-3H3. The van der Waals surface area contributed by atoms with E-state index in [-0.39, 0.29) is 5.91 Å². The molecule has 94 valence electrons. The Morgan fingerprint density at radius 1 is 1.41 bits per heavy atom. The summed E-state index contributed by atoms with van der Waals surface area (Å²) in [6.07, 6.45) is 0. The SMILES string of the molecule is CCOc1cccc(CNCC(=O)N(C)C)c1. The van der Waals surface area contributed by atoms with Gasteiger partial charge in [-0.2, -0.15) is 0 Å². The van der Waals surface area contributed by atoms with E-state index in [1.807, 2.05) is 31.2 Å². The Labute approximate surface area is 103 Å². The number of amides is 1. The molecule has 4 nitrogen and oxygen atoms in total. The Hall–Kier alpha value is -1.55. The molecule has 0 aliphatic rings. The van der Waals surface area contributed by atoms with Gasteiger partial charge in [-0.1, -0.05) is 12.1 Å². The van der Waals surface area contributed by atoms with Crippen molar-refractivity contribution >= 4 is 5.91 Å². The highest BCUT2D eigenvalue weighted by molar-refractivity contribution is 5.77. The number of nitrogens with one attached hydrogen (secondary N) is 1. The number of benzene rings is 1. The number of hydrogen-bond acceptors (Lipinski definition) is 3. The Kier molecular flexibility index (Phi) is 5.49. The van der Waals surface area contributed by atoms with Gasteiger partial charge < -0.3 is 15.0 Å². The molecule has 0 aromatic heterocycles. The Balaban J connectivity index is 2.41. The number of nitrogens with zero attached hydrogens (tertiary/aromatic N) is 1. The van der Waals surface area contributed by atoms with Crippen molar-refractivity contribution in [2.24, 2.45) is 0 Å². The minimum atomic E-state index is 0.0750. The van der Waals surface area contributed by atoms with Crippen LogP contribution < -0.4 is 10.1 Å². The lowest BCUT2D eigenvalue weighted by Crippen LogP contribution is -2.32. The zero-order valence-corrected chi connectivity index (χ0v) is 10.7. The second-order valence-corrected chi connectivity index (χ2v) is 3.97. The molecule has 1 aromatic rings. The predicted molar refractivity (Wildman–Crippen MR) is 68.0 cm³/mol. The van der Waals surface area contributed by atoms with E-state index in [0.717, 1.165) is 11.3 Å². The van der Waals surface area contributed by atoms with Crippen LogP contribution >= 0.6 is 0 Å². The second-order valence-electron chi connectivity index (χ2n) is 3.97. The van der Waals surface area contributed by atoms with Gasteiger partial charge in [-0.25, -0.2) is 0 Å². The Morgan fingerprint density at radius 2 is 2.18 bits per heavy atom. The third-order valence-electron chi connectivity index (χ3n) is 2.31. The lowest BCUT2D eigenvalue weighted by atomic mass is 10.2.